The Hall–Kier alpha value is -3.55. The molecule has 0 bridgehead atoms. The highest BCUT2D eigenvalue weighted by Crippen LogP contribution is 2.37. The number of nitrogen functional groups attached to an aromatic ring is 2. The van der Waals surface area contributed by atoms with Crippen LogP contribution in [0.5, 0.6) is 0 Å². The summed E-state index contributed by atoms with van der Waals surface area (Å²) in [4.78, 5) is 15.1. The predicted molar refractivity (Wildman–Crippen MR) is 136 cm³/mol. The third-order valence-electron chi connectivity index (χ3n) is 6.62. The third-order valence-corrected chi connectivity index (χ3v) is 6.62. The van der Waals surface area contributed by atoms with Gasteiger partial charge in [0.25, 0.3) is 5.92 Å². The summed E-state index contributed by atoms with van der Waals surface area (Å²) in [6.07, 6.45) is 5.87. The molecule has 0 amide bonds. The summed E-state index contributed by atoms with van der Waals surface area (Å²) in [5, 5.41) is 8.89. The van der Waals surface area contributed by atoms with Crippen LogP contribution in [0.1, 0.15) is 61.6 Å². The van der Waals surface area contributed by atoms with E-state index in [4.69, 9.17) is 16.6 Å². The minimum Gasteiger partial charge on any atom is -0.481 e. The average Bonchev–Trinajstić information content (AvgIpc) is 2.83. The Morgan fingerprint density at radius 1 is 1.03 bits per heavy atom. The van der Waals surface area contributed by atoms with Crippen LogP contribution >= 0.6 is 0 Å². The number of nitrogens with zero attached hydrogens (tertiary/aromatic N) is 1. The number of rotatable bonds is 5. The summed E-state index contributed by atoms with van der Waals surface area (Å²) in [5.41, 5.74) is 14.5. The molecule has 2 aromatic carbocycles. The van der Waals surface area contributed by atoms with Crippen LogP contribution in [0.2, 0.25) is 0 Å². The van der Waals surface area contributed by atoms with Crippen LogP contribution in [0.3, 0.4) is 0 Å². The van der Waals surface area contributed by atoms with Crippen LogP contribution in [-0.4, -0.2) is 16.1 Å². The fourth-order valence-corrected chi connectivity index (χ4v) is 4.38. The smallest absolute Gasteiger partial charge is 0.303 e. The van der Waals surface area contributed by atoms with Crippen LogP contribution in [0, 0.1) is 18.7 Å². The fourth-order valence-electron chi connectivity index (χ4n) is 4.38. The predicted octanol–water partition coefficient (Wildman–Crippen LogP) is 6.91. The Morgan fingerprint density at radius 3 is 2.19 bits per heavy atom. The highest BCUT2D eigenvalue weighted by molar-refractivity contribution is 5.67. The lowest BCUT2D eigenvalue weighted by Gasteiger charge is -2.28. The number of alkyl halides is 2. The molecule has 8 heteroatoms. The maximum absolute atomic E-state index is 13.7. The first kappa shape index (κ1) is 27.0. The van der Waals surface area contributed by atoms with Gasteiger partial charge in [0.1, 0.15) is 5.82 Å². The normalized spacial score (nSPS) is 17.7. The summed E-state index contributed by atoms with van der Waals surface area (Å²) < 4.78 is 39.0. The molecule has 0 atom stereocenters. The monoisotopic (exact) mass is 499 g/mol. The lowest BCUT2D eigenvalue weighted by Crippen LogP contribution is -2.16. The standard InChI is InChI=1S/C20H22FNO2.C8H10F2N2/c1-13-12-22-19(11-18(13)21)17-8-6-16(7-9-17)15-4-2-14(3-5-15)10-20(23)24;1-8(9,10)5-2-3-6(11)7(12)4-5/h6-9,11-12,14-15H,2-5,10H2,1H3,(H,23,24);2-4H,11-12H2,1H3. The van der Waals surface area contributed by atoms with E-state index in [0.29, 0.717) is 28.8 Å². The van der Waals surface area contributed by atoms with Crippen molar-refractivity contribution in [3.8, 4) is 11.3 Å². The maximum atomic E-state index is 13.7. The van der Waals surface area contributed by atoms with E-state index in [1.807, 2.05) is 12.1 Å². The quantitative estimate of drug-likeness (QED) is 0.331. The number of pyridine rings is 1. The molecule has 1 saturated carbocycles. The van der Waals surface area contributed by atoms with Gasteiger partial charge in [-0.3, -0.25) is 9.78 Å². The van der Waals surface area contributed by atoms with Gasteiger partial charge in [-0.2, -0.15) is 0 Å². The Balaban J connectivity index is 0.000000253. The molecule has 36 heavy (non-hydrogen) atoms. The van der Waals surface area contributed by atoms with Gasteiger partial charge in [0.15, 0.2) is 0 Å². The molecular weight excluding hydrogens is 467 g/mol. The average molecular weight is 500 g/mol. The minimum absolute atomic E-state index is 0.116. The molecule has 5 nitrogen and oxygen atoms in total. The second kappa shape index (κ2) is 11.5. The van der Waals surface area contributed by atoms with Gasteiger partial charge in [0.05, 0.1) is 17.1 Å². The van der Waals surface area contributed by atoms with Crippen LogP contribution in [0.15, 0.2) is 54.7 Å². The number of carboxylic acids is 1. The minimum atomic E-state index is -2.86. The topological polar surface area (TPSA) is 102 Å². The van der Waals surface area contributed by atoms with Gasteiger partial charge in [-0.15, -0.1) is 0 Å². The van der Waals surface area contributed by atoms with Crippen molar-refractivity contribution in [3.05, 3.63) is 77.2 Å². The second-order valence-electron chi connectivity index (χ2n) is 9.49. The van der Waals surface area contributed by atoms with Gasteiger partial charge < -0.3 is 16.6 Å². The summed E-state index contributed by atoms with van der Waals surface area (Å²) in [6, 6.07) is 13.5. The van der Waals surface area contributed by atoms with Gasteiger partial charge in [-0.1, -0.05) is 30.3 Å². The summed E-state index contributed by atoms with van der Waals surface area (Å²) >= 11 is 0. The molecule has 0 saturated heterocycles. The fraction of sp³-hybridized carbons (Fsp3) is 0.357. The van der Waals surface area contributed by atoms with Crippen LogP contribution in [0.4, 0.5) is 24.5 Å². The van der Waals surface area contributed by atoms with E-state index >= 15 is 0 Å². The van der Waals surface area contributed by atoms with Crippen molar-refractivity contribution in [1.82, 2.24) is 4.98 Å². The zero-order chi connectivity index (χ0) is 26.5. The van der Waals surface area contributed by atoms with Crippen LogP contribution in [-0.2, 0) is 10.7 Å². The van der Waals surface area contributed by atoms with Crippen molar-refractivity contribution in [3.63, 3.8) is 0 Å². The highest BCUT2D eigenvalue weighted by Gasteiger charge is 2.25. The van der Waals surface area contributed by atoms with E-state index in [1.165, 1.54) is 29.8 Å². The van der Waals surface area contributed by atoms with Crippen molar-refractivity contribution in [2.75, 3.05) is 11.5 Å². The molecule has 0 spiro atoms. The van der Waals surface area contributed by atoms with Gasteiger partial charge in [0, 0.05) is 42.3 Å². The number of nitrogens with two attached hydrogens (primary N) is 2. The summed E-state index contributed by atoms with van der Waals surface area (Å²) in [7, 11) is 0. The van der Waals surface area contributed by atoms with Crippen molar-refractivity contribution >= 4 is 17.3 Å². The highest BCUT2D eigenvalue weighted by atomic mass is 19.3. The molecule has 0 unspecified atom stereocenters. The van der Waals surface area contributed by atoms with E-state index in [1.54, 1.807) is 13.1 Å². The molecule has 0 aliphatic heterocycles. The lowest BCUT2D eigenvalue weighted by molar-refractivity contribution is -0.138. The maximum Gasteiger partial charge on any atom is 0.303 e. The molecule has 0 radical (unpaired) electrons. The van der Waals surface area contributed by atoms with E-state index < -0.39 is 11.9 Å². The molecule has 1 aliphatic rings. The van der Waals surface area contributed by atoms with Gasteiger partial charge in [-0.25, -0.2) is 13.2 Å². The Labute approximate surface area is 209 Å². The van der Waals surface area contributed by atoms with E-state index in [-0.39, 0.29) is 23.5 Å². The largest absolute Gasteiger partial charge is 0.481 e. The first-order valence-electron chi connectivity index (χ1n) is 11.9. The van der Waals surface area contributed by atoms with Gasteiger partial charge in [-0.05, 0) is 62.1 Å². The molecule has 3 aromatic rings. The summed E-state index contributed by atoms with van der Waals surface area (Å²) in [5.74, 6) is -2.98. The van der Waals surface area contributed by atoms with E-state index in [9.17, 15) is 18.0 Å². The zero-order valence-corrected chi connectivity index (χ0v) is 20.5. The number of carboxylic acid groups (broad SMARTS) is 1. The van der Waals surface area contributed by atoms with Crippen molar-refractivity contribution in [1.29, 1.82) is 0 Å². The number of anilines is 2. The molecular formula is C28H32F3N3O2. The molecule has 1 fully saturated rings. The SMILES string of the molecule is CC(F)(F)c1ccc(N)c(N)c1.Cc1cnc(-c2ccc(C3CCC(CC(=O)O)CC3)cc2)cc1F. The third kappa shape index (κ3) is 7.23. The summed E-state index contributed by atoms with van der Waals surface area (Å²) in [6.45, 7) is 2.52. The number of carbonyl (C=O) groups is 1. The van der Waals surface area contributed by atoms with Gasteiger partial charge >= 0.3 is 5.97 Å². The second-order valence-corrected chi connectivity index (χ2v) is 9.49. The number of hydrogen-bond acceptors (Lipinski definition) is 4. The van der Waals surface area contributed by atoms with Crippen molar-refractivity contribution < 1.29 is 23.1 Å². The molecule has 5 N–H and O–H groups in total. The molecule has 1 heterocycles. The van der Waals surface area contributed by atoms with Crippen LogP contribution in [0.25, 0.3) is 11.3 Å². The Bertz CT molecular complexity index is 1190. The molecule has 4 rings (SSSR count). The van der Waals surface area contributed by atoms with E-state index in [2.05, 4.69) is 17.1 Å². The van der Waals surface area contributed by atoms with E-state index in [0.717, 1.165) is 38.2 Å². The van der Waals surface area contributed by atoms with Gasteiger partial charge in [0.2, 0.25) is 0 Å². The molecule has 1 aromatic heterocycles. The number of aryl methyl sites for hydroxylation is 1. The van der Waals surface area contributed by atoms with Crippen LogP contribution < -0.4 is 11.5 Å². The number of aliphatic carboxylic acids is 1. The van der Waals surface area contributed by atoms with Crippen molar-refractivity contribution in [2.45, 2.75) is 57.8 Å². The Morgan fingerprint density at radius 2 is 1.67 bits per heavy atom. The first-order chi connectivity index (χ1) is 16.9. The number of aromatic nitrogens is 1. The number of benzene rings is 2. The number of hydrogen-bond donors (Lipinski definition) is 3. The zero-order valence-electron chi connectivity index (χ0n) is 20.5. The Kier molecular flexibility index (Phi) is 8.61. The number of halogens is 3. The molecule has 192 valence electrons. The van der Waals surface area contributed by atoms with Crippen molar-refractivity contribution in [2.24, 2.45) is 5.92 Å². The lowest BCUT2D eigenvalue weighted by atomic mass is 9.77. The first-order valence-corrected chi connectivity index (χ1v) is 11.9. The molecule has 1 aliphatic carbocycles.